The summed E-state index contributed by atoms with van der Waals surface area (Å²) in [4.78, 5) is 0. The number of hydrogen-bond donors (Lipinski definition) is 2. The van der Waals surface area contributed by atoms with Crippen molar-refractivity contribution >= 4 is 5.69 Å². The van der Waals surface area contributed by atoms with Gasteiger partial charge < -0.3 is 15.2 Å². The van der Waals surface area contributed by atoms with E-state index in [9.17, 15) is 9.50 Å². The molecule has 1 aromatic carbocycles. The lowest BCUT2D eigenvalue weighted by Crippen LogP contribution is -2.27. The van der Waals surface area contributed by atoms with Gasteiger partial charge in [-0.2, -0.15) is 0 Å². The molecule has 2 N–H and O–H groups in total. The first-order valence-corrected chi connectivity index (χ1v) is 6.94. The van der Waals surface area contributed by atoms with Crippen LogP contribution < -0.4 is 5.32 Å². The first kappa shape index (κ1) is 14.3. The van der Waals surface area contributed by atoms with E-state index in [-0.39, 0.29) is 5.82 Å². The minimum absolute atomic E-state index is 0.265. The summed E-state index contributed by atoms with van der Waals surface area (Å²) >= 11 is 0. The van der Waals surface area contributed by atoms with E-state index in [0.29, 0.717) is 24.9 Å². The van der Waals surface area contributed by atoms with Crippen LogP contribution in [0, 0.1) is 12.7 Å². The average Bonchev–Trinajstić information content (AvgIpc) is 2.86. The van der Waals surface area contributed by atoms with Crippen molar-refractivity contribution in [3.63, 3.8) is 0 Å². The molecule has 0 saturated heterocycles. The minimum Gasteiger partial charge on any atom is -0.389 e. The molecule has 1 saturated carbocycles. The SMILES string of the molecule is Cc1cc(F)cc(NCC(O)COC2CCCC2)c1. The van der Waals surface area contributed by atoms with Crippen LogP contribution in [0.15, 0.2) is 18.2 Å². The van der Waals surface area contributed by atoms with Gasteiger partial charge in [0.2, 0.25) is 0 Å². The van der Waals surface area contributed by atoms with Crippen LogP contribution >= 0.6 is 0 Å². The predicted molar refractivity (Wildman–Crippen MR) is 73.8 cm³/mol. The second kappa shape index (κ2) is 6.87. The number of hydrogen-bond acceptors (Lipinski definition) is 3. The highest BCUT2D eigenvalue weighted by Gasteiger charge is 2.16. The van der Waals surface area contributed by atoms with E-state index in [0.717, 1.165) is 18.4 Å². The van der Waals surface area contributed by atoms with E-state index < -0.39 is 6.10 Å². The Morgan fingerprint density at radius 2 is 2.11 bits per heavy atom. The van der Waals surface area contributed by atoms with Gasteiger partial charge in [0.05, 0.1) is 18.8 Å². The van der Waals surface area contributed by atoms with Gasteiger partial charge in [-0.1, -0.05) is 12.8 Å². The van der Waals surface area contributed by atoms with Gasteiger partial charge in [0.15, 0.2) is 0 Å². The maximum absolute atomic E-state index is 13.2. The minimum atomic E-state index is -0.566. The number of aliphatic hydroxyl groups excluding tert-OH is 1. The van der Waals surface area contributed by atoms with E-state index in [2.05, 4.69) is 5.32 Å². The highest BCUT2D eigenvalue weighted by Crippen LogP contribution is 2.21. The van der Waals surface area contributed by atoms with Gasteiger partial charge in [0.1, 0.15) is 5.82 Å². The average molecular weight is 267 g/mol. The van der Waals surface area contributed by atoms with Crippen LogP contribution in [0.25, 0.3) is 0 Å². The molecule has 3 nitrogen and oxygen atoms in total. The van der Waals surface area contributed by atoms with Gasteiger partial charge >= 0.3 is 0 Å². The molecule has 19 heavy (non-hydrogen) atoms. The van der Waals surface area contributed by atoms with Crippen molar-refractivity contribution in [1.29, 1.82) is 0 Å². The predicted octanol–water partition coefficient (Wildman–Crippen LogP) is 2.87. The van der Waals surface area contributed by atoms with E-state index >= 15 is 0 Å². The molecular weight excluding hydrogens is 245 g/mol. The highest BCUT2D eigenvalue weighted by atomic mass is 19.1. The molecule has 0 heterocycles. The number of rotatable bonds is 6. The zero-order chi connectivity index (χ0) is 13.7. The molecule has 0 aliphatic heterocycles. The summed E-state index contributed by atoms with van der Waals surface area (Å²) in [5.41, 5.74) is 1.55. The molecule has 1 aromatic rings. The lowest BCUT2D eigenvalue weighted by Gasteiger charge is -2.16. The second-order valence-corrected chi connectivity index (χ2v) is 5.29. The third-order valence-corrected chi connectivity index (χ3v) is 3.41. The summed E-state index contributed by atoms with van der Waals surface area (Å²) in [5.74, 6) is -0.265. The summed E-state index contributed by atoms with van der Waals surface area (Å²) in [6.45, 7) is 2.55. The summed E-state index contributed by atoms with van der Waals surface area (Å²) in [7, 11) is 0. The summed E-state index contributed by atoms with van der Waals surface area (Å²) in [5, 5.41) is 12.9. The third kappa shape index (κ3) is 4.80. The number of aliphatic hydroxyl groups is 1. The monoisotopic (exact) mass is 267 g/mol. The summed E-state index contributed by atoms with van der Waals surface area (Å²) in [6, 6.07) is 4.76. The number of halogens is 1. The Kier molecular flexibility index (Phi) is 5.16. The standard InChI is InChI=1S/C15H22FNO2/c1-11-6-12(16)8-13(7-11)17-9-14(18)10-19-15-4-2-3-5-15/h6-8,14-15,17-18H,2-5,9-10H2,1H3. The van der Waals surface area contributed by atoms with Gasteiger partial charge in [-0.25, -0.2) is 4.39 Å². The van der Waals surface area contributed by atoms with Crippen LogP contribution in [0.5, 0.6) is 0 Å². The van der Waals surface area contributed by atoms with Crippen molar-refractivity contribution in [3.8, 4) is 0 Å². The Labute approximate surface area is 113 Å². The third-order valence-electron chi connectivity index (χ3n) is 3.41. The molecule has 1 unspecified atom stereocenters. The number of nitrogens with one attached hydrogen (secondary N) is 1. The van der Waals surface area contributed by atoms with Crippen molar-refractivity contribution in [3.05, 3.63) is 29.6 Å². The van der Waals surface area contributed by atoms with Crippen molar-refractivity contribution < 1.29 is 14.2 Å². The molecule has 1 aliphatic carbocycles. The van der Waals surface area contributed by atoms with Gasteiger partial charge in [-0.15, -0.1) is 0 Å². The first-order chi connectivity index (χ1) is 9.13. The van der Waals surface area contributed by atoms with Crippen molar-refractivity contribution in [2.45, 2.75) is 44.8 Å². The molecule has 2 rings (SSSR count). The first-order valence-electron chi connectivity index (χ1n) is 6.94. The second-order valence-electron chi connectivity index (χ2n) is 5.29. The van der Waals surface area contributed by atoms with Crippen molar-refractivity contribution in [2.75, 3.05) is 18.5 Å². The fourth-order valence-corrected chi connectivity index (χ4v) is 2.44. The Bertz CT molecular complexity index is 385. The molecule has 0 aromatic heterocycles. The molecule has 0 bridgehead atoms. The Morgan fingerprint density at radius 1 is 1.37 bits per heavy atom. The lowest BCUT2D eigenvalue weighted by atomic mass is 10.2. The molecule has 0 amide bonds. The quantitative estimate of drug-likeness (QED) is 0.832. The summed E-state index contributed by atoms with van der Waals surface area (Å²) < 4.78 is 18.8. The molecule has 1 fully saturated rings. The molecule has 106 valence electrons. The molecule has 0 spiro atoms. The number of aryl methyl sites for hydroxylation is 1. The zero-order valence-electron chi connectivity index (χ0n) is 11.4. The fourth-order valence-electron chi connectivity index (χ4n) is 2.44. The van der Waals surface area contributed by atoms with Crippen molar-refractivity contribution in [2.24, 2.45) is 0 Å². The van der Waals surface area contributed by atoms with Crippen molar-refractivity contribution in [1.82, 2.24) is 0 Å². The summed E-state index contributed by atoms with van der Waals surface area (Å²) in [6.07, 6.45) is 4.39. The van der Waals surface area contributed by atoms with Crippen LogP contribution in [0.1, 0.15) is 31.2 Å². The van der Waals surface area contributed by atoms with Gasteiger partial charge in [-0.3, -0.25) is 0 Å². The number of benzene rings is 1. The maximum atomic E-state index is 13.2. The fraction of sp³-hybridized carbons (Fsp3) is 0.600. The zero-order valence-corrected chi connectivity index (χ0v) is 11.4. The van der Waals surface area contributed by atoms with Crippen LogP contribution in [-0.2, 0) is 4.74 Å². The van der Waals surface area contributed by atoms with E-state index in [1.165, 1.54) is 25.0 Å². The number of anilines is 1. The maximum Gasteiger partial charge on any atom is 0.125 e. The smallest absolute Gasteiger partial charge is 0.125 e. The van der Waals surface area contributed by atoms with E-state index in [4.69, 9.17) is 4.74 Å². The number of ether oxygens (including phenoxy) is 1. The Hall–Kier alpha value is -1.13. The molecular formula is C15H22FNO2. The van der Waals surface area contributed by atoms with Gasteiger partial charge in [0, 0.05) is 12.2 Å². The van der Waals surface area contributed by atoms with Gasteiger partial charge in [0.25, 0.3) is 0 Å². The van der Waals surface area contributed by atoms with E-state index in [1.807, 2.05) is 13.0 Å². The topological polar surface area (TPSA) is 41.5 Å². The Balaban J connectivity index is 1.71. The molecule has 4 heteroatoms. The van der Waals surface area contributed by atoms with Crippen LogP contribution in [0.3, 0.4) is 0 Å². The van der Waals surface area contributed by atoms with Gasteiger partial charge in [-0.05, 0) is 43.5 Å². The van der Waals surface area contributed by atoms with Crippen LogP contribution in [0.4, 0.5) is 10.1 Å². The Morgan fingerprint density at radius 3 is 2.79 bits per heavy atom. The lowest BCUT2D eigenvalue weighted by molar-refractivity contribution is -0.00117. The van der Waals surface area contributed by atoms with Crippen LogP contribution in [-0.4, -0.2) is 30.5 Å². The molecule has 1 aliphatic rings. The normalized spacial score (nSPS) is 17.6. The molecule has 1 atom stereocenters. The van der Waals surface area contributed by atoms with E-state index in [1.54, 1.807) is 0 Å². The molecule has 0 radical (unpaired) electrons. The largest absolute Gasteiger partial charge is 0.389 e. The van der Waals surface area contributed by atoms with Crippen LogP contribution in [0.2, 0.25) is 0 Å². The highest BCUT2D eigenvalue weighted by molar-refractivity contribution is 5.46.